The largest absolute Gasteiger partial charge is 0.492 e. The molecule has 1 aliphatic rings. The minimum absolute atomic E-state index is 0.0427. The zero-order chi connectivity index (χ0) is 18.2. The summed E-state index contributed by atoms with van der Waals surface area (Å²) in [6, 6.07) is 7.06. The summed E-state index contributed by atoms with van der Waals surface area (Å²) in [6.07, 6.45) is 0.957. The smallest absolute Gasteiger partial charge is 0.407 e. The summed E-state index contributed by atoms with van der Waals surface area (Å²) in [5.74, 6) is 0.767. The van der Waals surface area contributed by atoms with Crippen LogP contribution in [-0.4, -0.2) is 72.8 Å². The Balaban J connectivity index is 1.85. The number of benzene rings is 1. The molecule has 25 heavy (non-hydrogen) atoms. The fourth-order valence-electron chi connectivity index (χ4n) is 3.12. The number of carbonyl (C=O) groups excluding carboxylic acids is 1. The maximum absolute atomic E-state index is 11.3. The number of ether oxygens (including phenoxy) is 1. The standard InChI is InChI=1S/C17H24ClN3O4/c1-19-16-12-14(21(8-10-22)17(23)24)6-7-20(16)9-11-25-15-4-2-13(18)3-5-15/h2-5,10,14,16,19H,6-9,11-12H2,1H3,(H,23,24). The molecular weight excluding hydrogens is 346 g/mol. The summed E-state index contributed by atoms with van der Waals surface area (Å²) >= 11 is 5.85. The van der Waals surface area contributed by atoms with Crippen molar-refractivity contribution in [3.63, 3.8) is 0 Å². The summed E-state index contributed by atoms with van der Waals surface area (Å²) in [7, 11) is 1.85. The highest BCUT2D eigenvalue weighted by molar-refractivity contribution is 6.30. The van der Waals surface area contributed by atoms with Gasteiger partial charge in [0, 0.05) is 24.2 Å². The van der Waals surface area contributed by atoms with Crippen molar-refractivity contribution < 1.29 is 19.4 Å². The zero-order valence-corrected chi connectivity index (χ0v) is 15.0. The number of hydrogen-bond donors (Lipinski definition) is 2. The Labute approximate surface area is 152 Å². The van der Waals surface area contributed by atoms with Crippen molar-refractivity contribution in [2.24, 2.45) is 0 Å². The Kier molecular flexibility index (Phi) is 7.49. The number of halogens is 1. The molecule has 1 aromatic rings. The van der Waals surface area contributed by atoms with Gasteiger partial charge in [0.05, 0.1) is 12.7 Å². The van der Waals surface area contributed by atoms with Gasteiger partial charge in [-0.3, -0.25) is 9.80 Å². The lowest BCUT2D eigenvalue weighted by molar-refractivity contribution is -0.109. The molecule has 1 heterocycles. The molecule has 0 saturated carbocycles. The SMILES string of the molecule is CNC1CC(N(CC=O)C(=O)O)CCN1CCOc1ccc(Cl)cc1. The fourth-order valence-corrected chi connectivity index (χ4v) is 3.25. The van der Waals surface area contributed by atoms with E-state index in [0.717, 1.165) is 18.8 Å². The van der Waals surface area contributed by atoms with Gasteiger partial charge < -0.3 is 20.0 Å². The van der Waals surface area contributed by atoms with E-state index in [2.05, 4.69) is 10.2 Å². The number of piperidine rings is 1. The second-order valence-corrected chi connectivity index (χ2v) is 6.36. The molecule has 7 nitrogen and oxygen atoms in total. The number of hydrogen-bond acceptors (Lipinski definition) is 5. The van der Waals surface area contributed by atoms with Crippen molar-refractivity contribution in [1.29, 1.82) is 0 Å². The number of carboxylic acid groups (broad SMARTS) is 1. The van der Waals surface area contributed by atoms with Crippen LogP contribution in [0.4, 0.5) is 4.79 Å². The van der Waals surface area contributed by atoms with Crippen LogP contribution >= 0.6 is 11.6 Å². The molecule has 0 aromatic heterocycles. The lowest BCUT2D eigenvalue weighted by Gasteiger charge is -2.42. The highest BCUT2D eigenvalue weighted by atomic mass is 35.5. The topological polar surface area (TPSA) is 82.1 Å². The van der Waals surface area contributed by atoms with Gasteiger partial charge in [-0.2, -0.15) is 0 Å². The van der Waals surface area contributed by atoms with Gasteiger partial charge in [0.2, 0.25) is 0 Å². The van der Waals surface area contributed by atoms with Gasteiger partial charge in [-0.1, -0.05) is 11.6 Å². The number of amides is 1. The summed E-state index contributed by atoms with van der Waals surface area (Å²) < 4.78 is 5.73. The molecule has 2 atom stereocenters. The third-order valence-electron chi connectivity index (χ3n) is 4.44. The normalized spacial score (nSPS) is 20.9. The van der Waals surface area contributed by atoms with Gasteiger partial charge in [0.15, 0.2) is 0 Å². The molecule has 0 bridgehead atoms. The van der Waals surface area contributed by atoms with E-state index in [1.165, 1.54) is 4.90 Å². The van der Waals surface area contributed by atoms with Crippen LogP contribution < -0.4 is 10.1 Å². The van der Waals surface area contributed by atoms with Crippen LogP contribution in [0.3, 0.4) is 0 Å². The van der Waals surface area contributed by atoms with Crippen LogP contribution in [0, 0.1) is 0 Å². The Morgan fingerprint density at radius 1 is 1.48 bits per heavy atom. The van der Waals surface area contributed by atoms with E-state index >= 15 is 0 Å². The summed E-state index contributed by atoms with van der Waals surface area (Å²) in [4.78, 5) is 25.5. The first-order valence-electron chi connectivity index (χ1n) is 8.28. The van der Waals surface area contributed by atoms with Gasteiger partial charge in [-0.25, -0.2) is 4.79 Å². The lowest BCUT2D eigenvalue weighted by Crippen LogP contribution is -2.56. The van der Waals surface area contributed by atoms with Crippen molar-refractivity contribution in [1.82, 2.24) is 15.1 Å². The second kappa shape index (κ2) is 9.60. The lowest BCUT2D eigenvalue weighted by atomic mass is 10.0. The average Bonchev–Trinajstić information content (AvgIpc) is 2.61. The van der Waals surface area contributed by atoms with E-state index in [1.807, 2.05) is 19.2 Å². The van der Waals surface area contributed by atoms with Crippen molar-refractivity contribution in [3.8, 4) is 5.75 Å². The summed E-state index contributed by atoms with van der Waals surface area (Å²) in [5, 5.41) is 13.2. The van der Waals surface area contributed by atoms with Crippen LogP contribution in [0.5, 0.6) is 5.75 Å². The maximum Gasteiger partial charge on any atom is 0.407 e. The number of nitrogens with one attached hydrogen (secondary N) is 1. The Hall–Kier alpha value is -1.83. The number of nitrogens with zero attached hydrogens (tertiary/aromatic N) is 2. The molecule has 1 saturated heterocycles. The van der Waals surface area contributed by atoms with Crippen LogP contribution in [0.2, 0.25) is 5.02 Å². The van der Waals surface area contributed by atoms with Crippen LogP contribution in [-0.2, 0) is 4.79 Å². The first-order chi connectivity index (χ1) is 12.0. The zero-order valence-electron chi connectivity index (χ0n) is 14.2. The molecule has 0 spiro atoms. The quantitative estimate of drug-likeness (QED) is 0.681. The van der Waals surface area contributed by atoms with E-state index in [1.54, 1.807) is 12.1 Å². The second-order valence-electron chi connectivity index (χ2n) is 5.92. The third-order valence-corrected chi connectivity index (χ3v) is 4.69. The van der Waals surface area contributed by atoms with Gasteiger partial charge in [-0.05, 0) is 44.2 Å². The molecule has 0 aliphatic carbocycles. The highest BCUT2D eigenvalue weighted by Gasteiger charge is 2.32. The average molecular weight is 370 g/mol. The highest BCUT2D eigenvalue weighted by Crippen LogP contribution is 2.21. The minimum Gasteiger partial charge on any atom is -0.492 e. The molecule has 1 amide bonds. The van der Waals surface area contributed by atoms with Crippen molar-refractivity contribution in [2.75, 3.05) is 33.3 Å². The van der Waals surface area contributed by atoms with E-state index in [0.29, 0.717) is 30.8 Å². The van der Waals surface area contributed by atoms with Crippen LogP contribution in [0.15, 0.2) is 24.3 Å². The monoisotopic (exact) mass is 369 g/mol. The number of likely N-dealkylation sites (tertiary alicyclic amines) is 1. The predicted octanol–water partition coefficient (Wildman–Crippen LogP) is 1.91. The van der Waals surface area contributed by atoms with Crippen molar-refractivity contribution >= 4 is 24.0 Å². The number of rotatable bonds is 8. The van der Waals surface area contributed by atoms with Crippen molar-refractivity contribution in [3.05, 3.63) is 29.3 Å². The van der Waals surface area contributed by atoms with Gasteiger partial charge in [0.1, 0.15) is 18.6 Å². The Morgan fingerprint density at radius 3 is 2.80 bits per heavy atom. The molecule has 8 heteroatoms. The van der Waals surface area contributed by atoms with Crippen molar-refractivity contribution in [2.45, 2.75) is 25.0 Å². The predicted molar refractivity (Wildman–Crippen MR) is 95.2 cm³/mol. The fraction of sp³-hybridized carbons (Fsp3) is 0.529. The van der Waals surface area contributed by atoms with Gasteiger partial charge in [0.25, 0.3) is 0 Å². The molecule has 2 N–H and O–H groups in total. The molecule has 2 unspecified atom stereocenters. The Bertz CT molecular complexity index is 570. The third kappa shape index (κ3) is 5.59. The first kappa shape index (κ1) is 19.5. The summed E-state index contributed by atoms with van der Waals surface area (Å²) in [6.45, 7) is 1.90. The molecule has 1 aliphatic heterocycles. The van der Waals surface area contributed by atoms with E-state index in [9.17, 15) is 14.7 Å². The maximum atomic E-state index is 11.3. The van der Waals surface area contributed by atoms with E-state index in [4.69, 9.17) is 16.3 Å². The summed E-state index contributed by atoms with van der Waals surface area (Å²) in [5.41, 5.74) is 0. The van der Waals surface area contributed by atoms with Crippen LogP contribution in [0.25, 0.3) is 0 Å². The van der Waals surface area contributed by atoms with Gasteiger partial charge >= 0.3 is 6.09 Å². The molecule has 1 fully saturated rings. The first-order valence-corrected chi connectivity index (χ1v) is 8.65. The number of aldehydes is 1. The van der Waals surface area contributed by atoms with E-state index < -0.39 is 6.09 Å². The number of carbonyl (C=O) groups is 2. The molecule has 1 aromatic carbocycles. The Morgan fingerprint density at radius 2 is 2.20 bits per heavy atom. The molecule has 0 radical (unpaired) electrons. The van der Waals surface area contributed by atoms with Crippen LogP contribution in [0.1, 0.15) is 12.8 Å². The molecule has 138 valence electrons. The minimum atomic E-state index is -1.05. The van der Waals surface area contributed by atoms with E-state index in [-0.39, 0.29) is 18.8 Å². The molecule has 2 rings (SSSR count). The molecular formula is C17H24ClN3O4. The van der Waals surface area contributed by atoms with Gasteiger partial charge in [-0.15, -0.1) is 0 Å².